The van der Waals surface area contributed by atoms with Gasteiger partial charge in [-0.15, -0.1) is 11.8 Å². The van der Waals surface area contributed by atoms with Gasteiger partial charge in [-0.2, -0.15) is 0 Å². The van der Waals surface area contributed by atoms with Gasteiger partial charge in [0.05, 0.1) is 23.4 Å². The number of anilines is 1. The second-order valence-electron chi connectivity index (χ2n) is 9.03. The van der Waals surface area contributed by atoms with Gasteiger partial charge >= 0.3 is 0 Å². The largest absolute Gasteiger partial charge is 0.497 e. The van der Waals surface area contributed by atoms with E-state index in [9.17, 15) is 9.59 Å². The van der Waals surface area contributed by atoms with E-state index in [-0.39, 0.29) is 11.8 Å². The predicted octanol–water partition coefficient (Wildman–Crippen LogP) is 6.16. The third-order valence-corrected chi connectivity index (χ3v) is 6.94. The maximum absolute atomic E-state index is 13.7. The molecule has 0 unspecified atom stereocenters. The molecule has 1 aliphatic carbocycles. The van der Waals surface area contributed by atoms with E-state index >= 15 is 0 Å². The summed E-state index contributed by atoms with van der Waals surface area (Å²) >= 11 is 1.44. The highest BCUT2D eigenvalue weighted by Gasteiger charge is 2.26. The van der Waals surface area contributed by atoms with E-state index in [2.05, 4.69) is 16.4 Å². The molecule has 1 aromatic heterocycles. The molecule has 1 saturated carbocycles. The number of ether oxygens (including phenoxy) is 1. The minimum absolute atomic E-state index is 0.0291. The van der Waals surface area contributed by atoms with Crippen LogP contribution in [-0.4, -0.2) is 42.8 Å². The highest BCUT2D eigenvalue weighted by molar-refractivity contribution is 8.03. The second-order valence-corrected chi connectivity index (χ2v) is 9.87. The first-order chi connectivity index (χ1) is 18.5. The molecule has 2 aliphatic rings. The monoisotopic (exact) mass is 527 g/mol. The van der Waals surface area contributed by atoms with Crippen LogP contribution in [-0.2, 0) is 9.53 Å². The van der Waals surface area contributed by atoms with Crippen molar-refractivity contribution in [2.24, 2.45) is 0 Å². The van der Waals surface area contributed by atoms with E-state index in [1.54, 1.807) is 18.1 Å². The van der Waals surface area contributed by atoms with Crippen molar-refractivity contribution in [1.82, 2.24) is 10.3 Å². The quantitative estimate of drug-likeness (QED) is 0.240. The Kier molecular flexibility index (Phi) is 9.38. The number of rotatable bonds is 9. The zero-order valence-corrected chi connectivity index (χ0v) is 22.8. The average molecular weight is 528 g/mol. The lowest BCUT2D eigenvalue weighted by molar-refractivity contribution is -0.116. The number of aromatic nitrogens is 1. The van der Waals surface area contributed by atoms with E-state index in [4.69, 9.17) is 4.74 Å². The number of nitrogens with one attached hydrogen (secondary N) is 1. The van der Waals surface area contributed by atoms with E-state index < -0.39 is 0 Å². The highest BCUT2D eigenvalue weighted by Crippen LogP contribution is 2.31. The number of benzene rings is 1. The summed E-state index contributed by atoms with van der Waals surface area (Å²) in [7, 11) is 1.62. The van der Waals surface area contributed by atoms with Crippen LogP contribution in [0.1, 0.15) is 47.9 Å². The summed E-state index contributed by atoms with van der Waals surface area (Å²) in [5, 5.41) is 3.07. The molecule has 2 aromatic rings. The van der Waals surface area contributed by atoms with Crippen molar-refractivity contribution in [1.29, 1.82) is 0 Å². The molecule has 4 rings (SSSR count). The molecule has 1 aromatic carbocycles. The van der Waals surface area contributed by atoms with E-state index in [1.807, 2.05) is 86.0 Å². The number of hydrogen-bond donors (Lipinski definition) is 1. The van der Waals surface area contributed by atoms with Crippen LogP contribution >= 0.6 is 11.8 Å². The summed E-state index contributed by atoms with van der Waals surface area (Å²) in [5.74, 6) is 0.535. The van der Waals surface area contributed by atoms with Crippen LogP contribution in [0.2, 0.25) is 0 Å². The molecular weight excluding hydrogens is 494 g/mol. The smallest absolute Gasteiger partial charge is 0.276 e. The molecule has 2 heterocycles. The van der Waals surface area contributed by atoms with Crippen molar-refractivity contribution in [3.8, 4) is 0 Å². The first-order valence-corrected chi connectivity index (χ1v) is 13.9. The topological polar surface area (TPSA) is 71.5 Å². The van der Waals surface area contributed by atoms with Gasteiger partial charge in [0.2, 0.25) is 0 Å². The predicted molar refractivity (Wildman–Crippen MR) is 157 cm³/mol. The fourth-order valence-electron chi connectivity index (χ4n) is 4.08. The van der Waals surface area contributed by atoms with Crippen molar-refractivity contribution in [2.75, 3.05) is 24.8 Å². The molecule has 0 spiro atoms. The van der Waals surface area contributed by atoms with Gasteiger partial charge in [-0.25, -0.2) is 4.98 Å². The first kappa shape index (κ1) is 27.2. The van der Waals surface area contributed by atoms with Crippen LogP contribution in [0.5, 0.6) is 0 Å². The molecule has 6 nitrogen and oxygen atoms in total. The maximum atomic E-state index is 13.7. The zero-order valence-electron chi connectivity index (χ0n) is 22.0. The van der Waals surface area contributed by atoms with Crippen LogP contribution in [0, 0.1) is 0 Å². The Morgan fingerprint density at radius 1 is 1.16 bits per heavy atom. The van der Waals surface area contributed by atoms with Crippen LogP contribution in [0.15, 0.2) is 89.1 Å². The number of pyridine rings is 1. The molecule has 1 aliphatic heterocycles. The fraction of sp³-hybridized carbons (Fsp3) is 0.258. The summed E-state index contributed by atoms with van der Waals surface area (Å²) in [6.07, 6.45) is 18.0. The lowest BCUT2D eigenvalue weighted by Gasteiger charge is -2.22. The molecule has 0 bridgehead atoms. The Balaban J connectivity index is 1.56. The van der Waals surface area contributed by atoms with Crippen LogP contribution < -0.4 is 10.2 Å². The van der Waals surface area contributed by atoms with E-state index in [1.165, 1.54) is 11.8 Å². The van der Waals surface area contributed by atoms with Gasteiger partial charge in [0.15, 0.2) is 0 Å². The third kappa shape index (κ3) is 7.13. The number of carbonyl (C=O) groups is 2. The molecule has 1 N–H and O–H groups in total. The SMILES string of the molecule is C\C=C/C(=C\C=C\c1cccc(C(=O)N2CCC(/C=C(\SC)C(=O)NC3CC3)=Cc3ccccc32)n1)OC. The normalized spacial score (nSPS) is 16.3. The van der Waals surface area contributed by atoms with Crippen LogP contribution in [0.25, 0.3) is 12.2 Å². The number of amides is 2. The lowest BCUT2D eigenvalue weighted by atomic mass is 10.1. The average Bonchev–Trinajstić information content (AvgIpc) is 3.77. The van der Waals surface area contributed by atoms with Gasteiger partial charge in [0, 0.05) is 12.6 Å². The van der Waals surface area contributed by atoms with Gasteiger partial charge in [0.25, 0.3) is 11.8 Å². The summed E-state index contributed by atoms with van der Waals surface area (Å²) in [4.78, 5) is 33.4. The van der Waals surface area contributed by atoms with Gasteiger partial charge in [-0.3, -0.25) is 9.59 Å². The Morgan fingerprint density at radius 3 is 2.71 bits per heavy atom. The maximum Gasteiger partial charge on any atom is 0.276 e. The van der Waals surface area contributed by atoms with Crippen molar-refractivity contribution >= 4 is 41.4 Å². The number of fused-ring (bicyclic) bond motifs is 1. The van der Waals surface area contributed by atoms with Gasteiger partial charge in [-0.1, -0.05) is 36.4 Å². The Morgan fingerprint density at radius 2 is 1.97 bits per heavy atom. The summed E-state index contributed by atoms with van der Waals surface area (Å²) in [6, 6.07) is 13.6. The van der Waals surface area contributed by atoms with Crippen LogP contribution in [0.4, 0.5) is 5.69 Å². The van der Waals surface area contributed by atoms with Crippen molar-refractivity contribution in [2.45, 2.75) is 32.2 Å². The Bertz CT molecular complexity index is 1340. The zero-order chi connectivity index (χ0) is 26.9. The fourth-order valence-corrected chi connectivity index (χ4v) is 4.60. The number of methoxy groups -OCH3 is 1. The molecular formula is C31H33N3O3S. The minimum atomic E-state index is -0.162. The summed E-state index contributed by atoms with van der Waals surface area (Å²) in [6.45, 7) is 2.41. The lowest BCUT2D eigenvalue weighted by Crippen LogP contribution is -2.32. The van der Waals surface area contributed by atoms with Gasteiger partial charge < -0.3 is 15.0 Å². The molecule has 196 valence electrons. The number of hydrogen-bond acceptors (Lipinski definition) is 5. The minimum Gasteiger partial charge on any atom is -0.497 e. The standard InChI is InChI=1S/C31H33N3O3S/c1-4-9-26(37-2)13-7-11-24-12-8-14-27(32-24)31(36)34-19-18-22(20-23-10-5-6-15-28(23)34)21-29(38-3)30(35)33-25-16-17-25/h4-15,20-21,25H,16-19H2,1-3H3,(H,33,35)/b9-4-,11-7+,26-13+,29-21-. The molecule has 0 saturated heterocycles. The van der Waals surface area contributed by atoms with Crippen molar-refractivity contribution < 1.29 is 14.3 Å². The molecule has 0 radical (unpaired) electrons. The number of carbonyl (C=O) groups excluding carboxylic acids is 2. The van der Waals surface area contributed by atoms with Crippen LogP contribution in [0.3, 0.4) is 0 Å². The number of allylic oxidation sites excluding steroid dienone is 5. The van der Waals surface area contributed by atoms with Gasteiger partial charge in [0.1, 0.15) is 11.5 Å². The molecule has 0 atom stereocenters. The van der Waals surface area contributed by atoms with Gasteiger partial charge in [-0.05, 0) is 92.2 Å². The Hall–Kier alpha value is -3.84. The number of thioether (sulfide) groups is 1. The molecule has 2 amide bonds. The highest BCUT2D eigenvalue weighted by atomic mass is 32.2. The number of para-hydroxylation sites is 1. The summed E-state index contributed by atoms with van der Waals surface area (Å²) < 4.78 is 5.30. The first-order valence-electron chi connectivity index (χ1n) is 12.7. The third-order valence-electron chi connectivity index (χ3n) is 6.19. The Labute approximate surface area is 228 Å². The van der Waals surface area contributed by atoms with Crippen molar-refractivity contribution in [3.63, 3.8) is 0 Å². The van der Waals surface area contributed by atoms with Crippen molar-refractivity contribution in [3.05, 3.63) is 106 Å². The second kappa shape index (κ2) is 13.1. The summed E-state index contributed by atoms with van der Waals surface area (Å²) in [5.41, 5.74) is 3.83. The molecule has 7 heteroatoms. The molecule has 38 heavy (non-hydrogen) atoms. The van der Waals surface area contributed by atoms with E-state index in [0.717, 1.165) is 35.4 Å². The van der Waals surface area contributed by atoms with E-state index in [0.29, 0.717) is 35.3 Å². The molecule has 1 fully saturated rings. The number of nitrogens with zero attached hydrogens (tertiary/aromatic N) is 2.